The van der Waals surface area contributed by atoms with Gasteiger partial charge in [-0.05, 0) is 43.5 Å². The molecule has 0 radical (unpaired) electrons. The summed E-state index contributed by atoms with van der Waals surface area (Å²) < 4.78 is 0. The summed E-state index contributed by atoms with van der Waals surface area (Å²) in [5, 5.41) is 2.96. The van der Waals surface area contributed by atoms with Crippen LogP contribution >= 0.6 is 12.6 Å². The number of hydrogen-bond acceptors (Lipinski definition) is 4. The van der Waals surface area contributed by atoms with E-state index in [9.17, 15) is 4.79 Å². The molecule has 1 aliphatic rings. The lowest BCUT2D eigenvalue weighted by Gasteiger charge is -2.33. The van der Waals surface area contributed by atoms with Gasteiger partial charge in [0.15, 0.2) is 0 Å². The van der Waals surface area contributed by atoms with Gasteiger partial charge < -0.3 is 10.2 Å². The zero-order valence-corrected chi connectivity index (χ0v) is 17.7. The average Bonchev–Trinajstić information content (AvgIpc) is 2.74. The minimum atomic E-state index is 0.0619. The van der Waals surface area contributed by atoms with Crippen molar-refractivity contribution in [1.29, 1.82) is 0 Å². The van der Waals surface area contributed by atoms with Crippen molar-refractivity contribution in [2.24, 2.45) is 10.9 Å². The molecule has 150 valence electrons. The predicted molar refractivity (Wildman–Crippen MR) is 125 cm³/mol. The number of nitrogens with zero attached hydrogens (tertiary/aromatic N) is 2. The Labute approximate surface area is 174 Å². The largest absolute Gasteiger partial charge is 0.371 e. The smallest absolute Gasteiger partial charge is 0.224 e. The van der Waals surface area contributed by atoms with Gasteiger partial charge in [0.1, 0.15) is 0 Å². The maximum atomic E-state index is 12.3. The van der Waals surface area contributed by atoms with E-state index >= 15 is 0 Å². The summed E-state index contributed by atoms with van der Waals surface area (Å²) in [5.74, 6) is 0.890. The number of allylic oxidation sites excluding steroid dienone is 5. The highest BCUT2D eigenvalue weighted by Crippen LogP contribution is 2.24. The van der Waals surface area contributed by atoms with Crippen LogP contribution < -0.4 is 10.2 Å². The molecule has 0 spiro atoms. The van der Waals surface area contributed by atoms with Gasteiger partial charge in [-0.3, -0.25) is 9.79 Å². The van der Waals surface area contributed by atoms with E-state index in [0.29, 0.717) is 12.3 Å². The first kappa shape index (κ1) is 22.0. The molecular weight excluding hydrogens is 366 g/mol. The number of piperidine rings is 1. The molecule has 1 saturated heterocycles. The zero-order chi connectivity index (χ0) is 20.2. The molecule has 1 aromatic rings. The Morgan fingerprint density at radius 2 is 2.11 bits per heavy atom. The van der Waals surface area contributed by atoms with E-state index in [4.69, 9.17) is 0 Å². The Hall–Kier alpha value is -2.27. The SMILES string of the molecule is CN=C\C=C/C=C(C)/C=C/c1ccc(N2CCCC(C(=O)NCCS)C2)cc1. The van der Waals surface area contributed by atoms with Crippen LogP contribution in [-0.2, 0) is 4.79 Å². The Morgan fingerprint density at radius 1 is 1.32 bits per heavy atom. The van der Waals surface area contributed by atoms with Crippen molar-refractivity contribution < 1.29 is 4.79 Å². The second-order valence-corrected chi connectivity index (χ2v) is 7.37. The van der Waals surface area contributed by atoms with Gasteiger partial charge >= 0.3 is 0 Å². The maximum Gasteiger partial charge on any atom is 0.224 e. The van der Waals surface area contributed by atoms with Crippen LogP contribution in [-0.4, -0.2) is 44.6 Å². The summed E-state index contributed by atoms with van der Waals surface area (Å²) in [5.41, 5.74) is 3.52. The maximum absolute atomic E-state index is 12.3. The number of hydrogen-bond donors (Lipinski definition) is 2. The third-order valence-corrected chi connectivity index (χ3v) is 4.93. The average molecular weight is 398 g/mol. The zero-order valence-electron chi connectivity index (χ0n) is 16.8. The summed E-state index contributed by atoms with van der Waals surface area (Å²) in [4.78, 5) is 18.5. The molecule has 0 bridgehead atoms. The lowest BCUT2D eigenvalue weighted by atomic mass is 9.96. The lowest BCUT2D eigenvalue weighted by molar-refractivity contribution is -0.125. The number of amides is 1. The molecule has 1 aromatic carbocycles. The summed E-state index contributed by atoms with van der Waals surface area (Å²) in [6, 6.07) is 8.54. The molecule has 1 N–H and O–H groups in total. The van der Waals surface area contributed by atoms with Crippen LogP contribution in [0.5, 0.6) is 0 Å². The number of carbonyl (C=O) groups excluding carboxylic acids is 1. The minimum absolute atomic E-state index is 0.0619. The van der Waals surface area contributed by atoms with E-state index in [1.54, 1.807) is 13.3 Å². The highest BCUT2D eigenvalue weighted by atomic mass is 32.1. The first-order valence-electron chi connectivity index (χ1n) is 9.81. The third-order valence-electron chi connectivity index (χ3n) is 4.71. The summed E-state index contributed by atoms with van der Waals surface area (Å²) in [7, 11) is 1.76. The number of carbonyl (C=O) groups is 1. The summed E-state index contributed by atoms with van der Waals surface area (Å²) >= 11 is 4.16. The quantitative estimate of drug-likeness (QED) is 0.393. The van der Waals surface area contributed by atoms with Gasteiger partial charge in [-0.25, -0.2) is 0 Å². The van der Waals surface area contributed by atoms with E-state index in [0.717, 1.165) is 31.5 Å². The van der Waals surface area contributed by atoms with Crippen molar-refractivity contribution >= 4 is 36.5 Å². The molecule has 0 saturated carbocycles. The molecule has 1 unspecified atom stereocenters. The molecule has 5 heteroatoms. The van der Waals surface area contributed by atoms with Gasteiger partial charge in [0.2, 0.25) is 5.91 Å². The van der Waals surface area contributed by atoms with Crippen molar-refractivity contribution in [3.05, 3.63) is 59.7 Å². The highest BCUT2D eigenvalue weighted by molar-refractivity contribution is 7.80. The van der Waals surface area contributed by atoms with E-state index in [2.05, 4.69) is 77.3 Å². The first-order valence-corrected chi connectivity index (χ1v) is 10.4. The second-order valence-electron chi connectivity index (χ2n) is 6.93. The van der Waals surface area contributed by atoms with Gasteiger partial charge in [0.05, 0.1) is 5.92 Å². The molecule has 0 aliphatic carbocycles. The summed E-state index contributed by atoms with van der Waals surface area (Å²) in [6.07, 6.45) is 13.9. The normalized spacial score (nSPS) is 18.5. The van der Waals surface area contributed by atoms with Gasteiger partial charge in [-0.15, -0.1) is 0 Å². The van der Waals surface area contributed by atoms with Crippen LogP contribution in [0, 0.1) is 5.92 Å². The first-order chi connectivity index (χ1) is 13.6. The van der Waals surface area contributed by atoms with Gasteiger partial charge in [0, 0.05) is 44.3 Å². The van der Waals surface area contributed by atoms with Crippen LogP contribution in [0.4, 0.5) is 5.69 Å². The van der Waals surface area contributed by atoms with Gasteiger partial charge in [-0.1, -0.05) is 42.0 Å². The molecule has 1 amide bonds. The van der Waals surface area contributed by atoms with Crippen LogP contribution in [0.2, 0.25) is 0 Å². The minimum Gasteiger partial charge on any atom is -0.371 e. The molecule has 1 fully saturated rings. The van der Waals surface area contributed by atoms with Crippen molar-refractivity contribution in [2.75, 3.05) is 37.3 Å². The molecule has 1 atom stereocenters. The van der Waals surface area contributed by atoms with E-state index in [1.165, 1.54) is 11.3 Å². The molecule has 4 nitrogen and oxygen atoms in total. The molecular formula is C23H31N3OS. The van der Waals surface area contributed by atoms with E-state index in [1.807, 2.05) is 12.2 Å². The molecule has 1 aliphatic heterocycles. The fraction of sp³-hybridized carbons (Fsp3) is 0.391. The molecule has 28 heavy (non-hydrogen) atoms. The molecule has 0 aromatic heterocycles. The number of thiol groups is 1. The van der Waals surface area contributed by atoms with Crippen molar-refractivity contribution in [2.45, 2.75) is 19.8 Å². The van der Waals surface area contributed by atoms with Crippen LogP contribution in [0.1, 0.15) is 25.3 Å². The van der Waals surface area contributed by atoms with Crippen molar-refractivity contribution in [3.63, 3.8) is 0 Å². The van der Waals surface area contributed by atoms with Crippen LogP contribution in [0.25, 0.3) is 6.08 Å². The predicted octanol–water partition coefficient (Wildman–Crippen LogP) is 4.17. The summed E-state index contributed by atoms with van der Waals surface area (Å²) in [6.45, 7) is 4.49. The van der Waals surface area contributed by atoms with Gasteiger partial charge in [0.25, 0.3) is 0 Å². The monoisotopic (exact) mass is 397 g/mol. The van der Waals surface area contributed by atoms with Gasteiger partial charge in [-0.2, -0.15) is 12.6 Å². The van der Waals surface area contributed by atoms with Crippen LogP contribution in [0.15, 0.2) is 59.1 Å². The van der Waals surface area contributed by atoms with Crippen molar-refractivity contribution in [3.8, 4) is 0 Å². The number of nitrogens with one attached hydrogen (secondary N) is 1. The number of anilines is 1. The standard InChI is InChI=1S/C23H31N3OS/c1-19(6-3-4-14-24-2)8-9-20-10-12-22(13-11-20)26-16-5-7-21(18-26)23(27)25-15-17-28/h3-4,6,8-14,21,28H,5,7,15-18H2,1-2H3,(H,25,27)/b4-3-,9-8+,19-6+,24-14?. The Balaban J connectivity index is 1.94. The number of aliphatic imine (C=N–C) groups is 1. The lowest BCUT2D eigenvalue weighted by Crippen LogP contribution is -2.43. The molecule has 2 rings (SSSR count). The topological polar surface area (TPSA) is 44.7 Å². The van der Waals surface area contributed by atoms with Crippen LogP contribution in [0.3, 0.4) is 0 Å². The number of benzene rings is 1. The Bertz CT molecular complexity index is 735. The number of rotatable bonds is 8. The fourth-order valence-corrected chi connectivity index (χ4v) is 3.28. The van der Waals surface area contributed by atoms with E-state index < -0.39 is 0 Å². The highest BCUT2D eigenvalue weighted by Gasteiger charge is 2.25. The molecule has 1 heterocycles. The fourth-order valence-electron chi connectivity index (χ4n) is 3.17. The van der Waals surface area contributed by atoms with E-state index in [-0.39, 0.29) is 11.8 Å². The third kappa shape index (κ3) is 7.39. The second kappa shape index (κ2) is 12.2. The van der Waals surface area contributed by atoms with Crippen molar-refractivity contribution in [1.82, 2.24) is 5.32 Å². The Kier molecular flexibility index (Phi) is 9.63. The Morgan fingerprint density at radius 3 is 2.82 bits per heavy atom.